The van der Waals surface area contributed by atoms with Gasteiger partial charge >= 0.3 is 10.4 Å². The van der Waals surface area contributed by atoms with Crippen LogP contribution in [0.3, 0.4) is 0 Å². The SMILES string of the molecule is Nc1ccc2c(O)c(N=Nc3ccc(N=Nc4cccc5c(OS(=O)(=O)O)cccc45)c4ccc(S(=O)(=O)O)cc34)c(S(=O)(=O)O)cc2c1. The van der Waals surface area contributed by atoms with Crippen LogP contribution >= 0.6 is 0 Å². The van der Waals surface area contributed by atoms with E-state index in [0.717, 1.165) is 18.2 Å². The third kappa shape index (κ3) is 6.88. The minimum absolute atomic E-state index is 0.0542. The number of azo groups is 2. The smallest absolute Gasteiger partial charge is 0.446 e. The first-order valence-corrected chi connectivity index (χ1v) is 17.8. The molecular weight excluding hydrogens is 703 g/mol. The maximum atomic E-state index is 12.3. The highest BCUT2D eigenvalue weighted by atomic mass is 32.3. The van der Waals surface area contributed by atoms with E-state index in [1.54, 1.807) is 18.2 Å². The van der Waals surface area contributed by atoms with Crippen molar-refractivity contribution in [2.45, 2.75) is 9.79 Å². The molecule has 0 heterocycles. The fourth-order valence-corrected chi connectivity index (χ4v) is 6.58. The topological polar surface area (TPSA) is 268 Å². The summed E-state index contributed by atoms with van der Waals surface area (Å²) in [4.78, 5) is -1.30. The van der Waals surface area contributed by atoms with Crippen LogP contribution in [0.15, 0.2) is 121 Å². The number of aromatic hydroxyl groups is 1. The van der Waals surface area contributed by atoms with Gasteiger partial charge in [0, 0.05) is 32.6 Å². The minimum atomic E-state index is -4.95. The molecule has 0 amide bonds. The Hall–Kier alpha value is -5.57. The van der Waals surface area contributed by atoms with E-state index in [9.17, 15) is 39.5 Å². The molecule has 19 heteroatoms. The number of phenols is 1. The van der Waals surface area contributed by atoms with Crippen LogP contribution in [-0.2, 0) is 30.6 Å². The van der Waals surface area contributed by atoms with Crippen molar-refractivity contribution >= 4 is 91.4 Å². The summed E-state index contributed by atoms with van der Waals surface area (Å²) in [7, 11) is -14.5. The molecule has 6 N–H and O–H groups in total. The van der Waals surface area contributed by atoms with Gasteiger partial charge in [0.05, 0.1) is 22.0 Å². The molecule has 6 aromatic rings. The van der Waals surface area contributed by atoms with E-state index >= 15 is 0 Å². The number of nitrogens with zero attached hydrogens (tertiary/aromatic N) is 4. The summed E-state index contributed by atoms with van der Waals surface area (Å²) in [5.74, 6) is -0.795. The normalized spacial score (nSPS) is 12.9. The van der Waals surface area contributed by atoms with Crippen molar-refractivity contribution in [2.75, 3.05) is 5.73 Å². The predicted octanol–water partition coefficient (Wildman–Crippen LogP) is 6.94. The van der Waals surface area contributed by atoms with Gasteiger partial charge in [0.1, 0.15) is 10.6 Å². The molecule has 0 saturated carbocycles. The Bertz CT molecular complexity index is 2750. The van der Waals surface area contributed by atoms with Gasteiger partial charge in [-0.1, -0.05) is 30.3 Å². The zero-order chi connectivity index (χ0) is 35.3. The van der Waals surface area contributed by atoms with Crippen molar-refractivity contribution in [1.29, 1.82) is 0 Å². The highest BCUT2D eigenvalue weighted by molar-refractivity contribution is 7.86. The molecule has 0 aliphatic rings. The minimum Gasteiger partial charge on any atom is -0.505 e. The van der Waals surface area contributed by atoms with E-state index in [2.05, 4.69) is 24.6 Å². The Balaban J connectivity index is 1.50. The van der Waals surface area contributed by atoms with Crippen LogP contribution < -0.4 is 9.92 Å². The highest BCUT2D eigenvalue weighted by Crippen LogP contribution is 2.43. The van der Waals surface area contributed by atoms with Crippen LogP contribution in [0, 0.1) is 0 Å². The van der Waals surface area contributed by atoms with Gasteiger partial charge in [0.2, 0.25) is 0 Å². The summed E-state index contributed by atoms with van der Waals surface area (Å²) in [6.45, 7) is 0. The van der Waals surface area contributed by atoms with Crippen LogP contribution in [0.25, 0.3) is 32.3 Å². The highest BCUT2D eigenvalue weighted by Gasteiger charge is 2.22. The number of phenolic OH excluding ortho intramolecular Hbond substituents is 1. The van der Waals surface area contributed by atoms with Crippen molar-refractivity contribution in [1.82, 2.24) is 0 Å². The van der Waals surface area contributed by atoms with Crippen LogP contribution in [0.5, 0.6) is 11.5 Å². The molecule has 0 aliphatic heterocycles. The number of fused-ring (bicyclic) bond motifs is 3. The van der Waals surface area contributed by atoms with Gasteiger partial charge in [-0.15, -0.1) is 20.5 Å². The molecule has 6 aromatic carbocycles. The molecule has 0 saturated heterocycles. The second kappa shape index (κ2) is 12.1. The average molecular weight is 724 g/mol. The van der Waals surface area contributed by atoms with Gasteiger partial charge in [-0.25, -0.2) is 0 Å². The average Bonchev–Trinajstić information content (AvgIpc) is 3.01. The molecule has 0 atom stereocenters. The summed E-state index contributed by atoms with van der Waals surface area (Å²) in [6, 6.07) is 20.6. The van der Waals surface area contributed by atoms with E-state index in [4.69, 9.17) is 10.3 Å². The number of nitrogens with two attached hydrogens (primary N) is 1. The number of nitrogen functional groups attached to an aromatic ring is 1. The lowest BCUT2D eigenvalue weighted by Crippen LogP contribution is -2.06. The Morgan fingerprint density at radius 1 is 0.571 bits per heavy atom. The molecule has 0 radical (unpaired) electrons. The number of benzene rings is 6. The molecule has 250 valence electrons. The van der Waals surface area contributed by atoms with Crippen LogP contribution in [0.4, 0.5) is 28.4 Å². The second-order valence-corrected chi connectivity index (χ2v) is 14.2. The first-order chi connectivity index (χ1) is 23.0. The molecule has 0 aliphatic carbocycles. The van der Waals surface area contributed by atoms with Gasteiger partial charge < -0.3 is 15.0 Å². The van der Waals surface area contributed by atoms with Crippen LogP contribution in [0.2, 0.25) is 0 Å². The number of rotatable bonds is 8. The lowest BCUT2D eigenvalue weighted by atomic mass is 10.1. The van der Waals surface area contributed by atoms with E-state index in [0.29, 0.717) is 10.8 Å². The molecule has 49 heavy (non-hydrogen) atoms. The maximum absolute atomic E-state index is 12.3. The van der Waals surface area contributed by atoms with Crippen molar-refractivity contribution < 1.29 is 48.2 Å². The van der Waals surface area contributed by atoms with Gasteiger partial charge in [0.15, 0.2) is 11.5 Å². The molecular formula is C30H21N5O11S3. The van der Waals surface area contributed by atoms with Crippen molar-refractivity contribution in [3.05, 3.63) is 91.0 Å². The fraction of sp³-hybridized carbons (Fsp3) is 0. The third-order valence-corrected chi connectivity index (χ3v) is 9.28. The van der Waals surface area contributed by atoms with Crippen molar-refractivity contribution in [3.8, 4) is 11.5 Å². The van der Waals surface area contributed by atoms with E-state index in [-0.39, 0.29) is 50.0 Å². The molecule has 0 bridgehead atoms. The van der Waals surface area contributed by atoms with Gasteiger partial charge in [-0.3, -0.25) is 13.7 Å². The fourth-order valence-electron chi connectivity index (χ4n) is 5.04. The van der Waals surface area contributed by atoms with Crippen LogP contribution in [-0.4, -0.2) is 44.0 Å². The predicted molar refractivity (Wildman–Crippen MR) is 178 cm³/mol. The third-order valence-electron chi connectivity index (χ3n) is 7.17. The Labute approximate surface area is 277 Å². The zero-order valence-corrected chi connectivity index (χ0v) is 26.8. The van der Waals surface area contributed by atoms with E-state index in [1.807, 2.05) is 0 Å². The zero-order valence-electron chi connectivity index (χ0n) is 24.4. The molecule has 0 spiro atoms. The Morgan fingerprint density at radius 2 is 1.16 bits per heavy atom. The molecule has 0 unspecified atom stereocenters. The van der Waals surface area contributed by atoms with Gasteiger partial charge in [-0.2, -0.15) is 25.3 Å². The summed E-state index contributed by atoms with van der Waals surface area (Å²) in [5.41, 5.74) is 5.79. The summed E-state index contributed by atoms with van der Waals surface area (Å²) >= 11 is 0. The molecule has 16 nitrogen and oxygen atoms in total. The summed E-state index contributed by atoms with van der Waals surface area (Å²) in [6.07, 6.45) is 0. The van der Waals surface area contributed by atoms with Crippen molar-refractivity contribution in [2.24, 2.45) is 20.5 Å². The van der Waals surface area contributed by atoms with Crippen molar-refractivity contribution in [3.63, 3.8) is 0 Å². The molecule has 6 rings (SSSR count). The maximum Gasteiger partial charge on any atom is 0.446 e. The van der Waals surface area contributed by atoms with Gasteiger partial charge in [-0.05, 0) is 66.0 Å². The first-order valence-electron chi connectivity index (χ1n) is 13.6. The second-order valence-electron chi connectivity index (χ2n) is 10.4. The Kier molecular flexibility index (Phi) is 8.26. The quantitative estimate of drug-likeness (QED) is 0.0607. The standard InChI is InChI=1S/C30H21N5O11S3/c31-17-7-9-19-16(13-17)14-28(48(40,41)42)29(30(19)36)35-34-26-12-11-25(21-10-8-18(15-23(21)26)47(37,38)39)33-32-24-5-1-4-22-20(24)3-2-6-27(22)46-49(43,44)45/h1-15,36H,31H2,(H,37,38,39)(H,40,41,42)(H,43,44,45). The summed E-state index contributed by atoms with van der Waals surface area (Å²) < 4.78 is 105. The molecule has 0 aromatic heterocycles. The Morgan fingerprint density at radius 3 is 1.84 bits per heavy atom. The van der Waals surface area contributed by atoms with Crippen LogP contribution in [0.1, 0.15) is 0 Å². The number of hydrogen-bond acceptors (Lipinski definition) is 13. The van der Waals surface area contributed by atoms with Gasteiger partial charge in [0.25, 0.3) is 20.2 Å². The monoisotopic (exact) mass is 723 g/mol. The lowest BCUT2D eigenvalue weighted by molar-refractivity contribution is 0.388. The molecule has 0 fully saturated rings. The largest absolute Gasteiger partial charge is 0.505 e. The first kappa shape index (κ1) is 33.3. The number of hydrogen-bond donors (Lipinski definition) is 5. The lowest BCUT2D eigenvalue weighted by Gasteiger charge is -2.10. The summed E-state index contributed by atoms with van der Waals surface area (Å²) in [5, 5.41) is 28.8. The van der Waals surface area contributed by atoms with E-state index < -0.39 is 51.9 Å². The van der Waals surface area contributed by atoms with E-state index in [1.165, 1.54) is 54.6 Å². The number of anilines is 1.